The number of aliphatic carboxylic acids is 1. The van der Waals surface area contributed by atoms with E-state index in [-0.39, 0.29) is 29.0 Å². The first kappa shape index (κ1) is 32.8. The zero-order valence-corrected chi connectivity index (χ0v) is 25.1. The Morgan fingerprint density at radius 3 is 2.56 bits per heavy atom. The molecule has 1 saturated heterocycles. The van der Waals surface area contributed by atoms with Crippen LogP contribution in [0.3, 0.4) is 0 Å². The number of hydrogen-bond donors (Lipinski definition) is 6. The van der Waals surface area contributed by atoms with Crippen molar-refractivity contribution in [1.82, 2.24) is 25.3 Å². The molecule has 0 unspecified atom stereocenters. The number of β-lactam (4-membered cyclic amide) rings is 1. The fraction of sp³-hybridized carbons (Fsp3) is 0.292. The van der Waals surface area contributed by atoms with Crippen molar-refractivity contribution in [2.24, 2.45) is 15.9 Å². The third kappa shape index (κ3) is 8.08. The van der Waals surface area contributed by atoms with Gasteiger partial charge in [-0.3, -0.25) is 19.1 Å². The standard InChI is InChI=1S/C24H27N9O10S2/c1-24(2)18(21(35)33(24)43-45(38,39)40)31-20(34)17(14-11-44-23(26)30-14)32-42-15(22(36)37)10-41-13-5-3-12(4-6-13)19(25)29-9-16-27-7-8-28-16/h3-8,11,15,18H,9-10H2,1-2H3,(H2,25,29)(H2,26,30)(H,27,28)(H,31,34)(H,36,37)(H,38,39,40)/b32-17-/t15-,18-/m1/s1. The molecule has 3 heterocycles. The summed E-state index contributed by atoms with van der Waals surface area (Å²) in [6, 6.07) is 4.97. The number of amides is 2. The third-order valence-electron chi connectivity index (χ3n) is 6.15. The lowest BCUT2D eigenvalue weighted by atomic mass is 9.84. The summed E-state index contributed by atoms with van der Waals surface area (Å²) >= 11 is 0.947. The predicted molar refractivity (Wildman–Crippen MR) is 156 cm³/mol. The normalized spacial score (nSPS) is 17.4. The van der Waals surface area contributed by atoms with Crippen LogP contribution in [0, 0.1) is 0 Å². The number of rotatable bonds is 14. The van der Waals surface area contributed by atoms with Gasteiger partial charge < -0.3 is 36.4 Å². The van der Waals surface area contributed by atoms with Crippen LogP contribution in [-0.4, -0.2) is 91.7 Å². The maximum absolute atomic E-state index is 13.2. The lowest BCUT2D eigenvalue weighted by Crippen LogP contribution is -2.76. The van der Waals surface area contributed by atoms with E-state index in [4.69, 9.17) is 25.6 Å². The van der Waals surface area contributed by atoms with Gasteiger partial charge >= 0.3 is 16.4 Å². The molecule has 240 valence electrons. The number of aliphatic imine (C=N–C) groups is 1. The van der Waals surface area contributed by atoms with Gasteiger partial charge in [0.2, 0.25) is 0 Å². The first-order valence-electron chi connectivity index (χ1n) is 12.7. The SMILES string of the molecule is CC1(C)[C@H](NC(=O)/C(=N\O[C@H](COc2ccc(C(N)=NCc3ncc[nH]3)cc2)C(=O)O)c2csc(N)n2)C(=O)N1OS(=O)(=O)O. The molecule has 1 aliphatic rings. The number of hydroxylamine groups is 2. The van der Waals surface area contributed by atoms with Crippen LogP contribution in [0.2, 0.25) is 0 Å². The second-order valence-electron chi connectivity index (χ2n) is 9.71. The smallest absolute Gasteiger partial charge is 0.418 e. The van der Waals surface area contributed by atoms with Gasteiger partial charge in [-0.05, 0) is 38.1 Å². The van der Waals surface area contributed by atoms with Crippen molar-refractivity contribution in [2.45, 2.75) is 38.1 Å². The fourth-order valence-electron chi connectivity index (χ4n) is 3.81. The molecule has 0 bridgehead atoms. The number of nitrogens with two attached hydrogens (primary N) is 2. The molecule has 1 aromatic carbocycles. The van der Waals surface area contributed by atoms with E-state index in [0.29, 0.717) is 16.5 Å². The second kappa shape index (κ2) is 13.3. The topological polar surface area (TPSA) is 287 Å². The van der Waals surface area contributed by atoms with Crippen molar-refractivity contribution in [3.63, 3.8) is 0 Å². The Morgan fingerprint density at radius 1 is 1.29 bits per heavy atom. The zero-order valence-electron chi connectivity index (χ0n) is 23.5. The molecule has 21 heteroatoms. The highest BCUT2D eigenvalue weighted by atomic mass is 32.3. The molecule has 0 aliphatic carbocycles. The Labute approximate surface area is 258 Å². The summed E-state index contributed by atoms with van der Waals surface area (Å²) in [5, 5.41) is 17.5. The highest BCUT2D eigenvalue weighted by Crippen LogP contribution is 2.33. The number of thiazole rings is 1. The van der Waals surface area contributed by atoms with Gasteiger partial charge in [0.15, 0.2) is 10.8 Å². The Balaban J connectivity index is 1.43. The molecule has 3 aromatic rings. The van der Waals surface area contributed by atoms with E-state index >= 15 is 0 Å². The lowest BCUT2D eigenvalue weighted by molar-refractivity contribution is -0.218. The molecule has 0 spiro atoms. The summed E-state index contributed by atoms with van der Waals surface area (Å²) in [4.78, 5) is 57.8. The van der Waals surface area contributed by atoms with Crippen LogP contribution in [0.15, 0.2) is 52.2 Å². The molecule has 1 fully saturated rings. The average Bonchev–Trinajstić information content (AvgIpc) is 3.66. The number of oxime groups is 1. The zero-order chi connectivity index (χ0) is 32.9. The number of aromatic amines is 1. The number of nitrogens with zero attached hydrogens (tertiary/aromatic N) is 5. The number of hydrogen-bond acceptors (Lipinski definition) is 14. The monoisotopic (exact) mass is 665 g/mol. The van der Waals surface area contributed by atoms with Crippen LogP contribution < -0.4 is 21.5 Å². The van der Waals surface area contributed by atoms with Crippen molar-refractivity contribution in [3.8, 4) is 5.75 Å². The molecule has 4 rings (SSSR count). The van der Waals surface area contributed by atoms with E-state index in [1.165, 1.54) is 31.4 Å². The highest BCUT2D eigenvalue weighted by molar-refractivity contribution is 7.80. The van der Waals surface area contributed by atoms with Crippen LogP contribution in [0.1, 0.15) is 30.9 Å². The van der Waals surface area contributed by atoms with Gasteiger partial charge in [0.25, 0.3) is 17.9 Å². The van der Waals surface area contributed by atoms with E-state index in [1.54, 1.807) is 24.5 Å². The number of H-pyrrole nitrogens is 1. The summed E-state index contributed by atoms with van der Waals surface area (Å²) in [6.45, 7) is 2.42. The van der Waals surface area contributed by atoms with Gasteiger partial charge in [-0.15, -0.1) is 15.6 Å². The van der Waals surface area contributed by atoms with Gasteiger partial charge in [0, 0.05) is 23.3 Å². The number of amidine groups is 1. The number of carboxylic acids is 1. The van der Waals surface area contributed by atoms with Crippen molar-refractivity contribution in [1.29, 1.82) is 0 Å². The molecule has 1 aliphatic heterocycles. The first-order chi connectivity index (χ1) is 21.2. The molecule has 0 radical (unpaired) electrons. The third-order valence-corrected chi connectivity index (χ3v) is 7.16. The van der Waals surface area contributed by atoms with Crippen LogP contribution in [0.25, 0.3) is 0 Å². The van der Waals surface area contributed by atoms with Crippen molar-refractivity contribution in [2.75, 3.05) is 12.3 Å². The second-order valence-corrected chi connectivity index (χ2v) is 11.6. The number of imidazole rings is 1. The number of aromatic nitrogens is 3. The Hall–Kier alpha value is -5.12. The highest BCUT2D eigenvalue weighted by Gasteiger charge is 2.58. The summed E-state index contributed by atoms with van der Waals surface area (Å²) in [6.07, 6.45) is 1.55. The van der Waals surface area contributed by atoms with Crippen LogP contribution in [0.4, 0.5) is 5.13 Å². The molecule has 0 saturated carbocycles. The predicted octanol–water partition coefficient (Wildman–Crippen LogP) is -0.553. The molecular weight excluding hydrogens is 638 g/mol. The number of nitrogens with one attached hydrogen (secondary N) is 2. The number of carbonyl (C=O) groups is 3. The Morgan fingerprint density at radius 2 is 2.00 bits per heavy atom. The first-order valence-corrected chi connectivity index (χ1v) is 14.9. The van der Waals surface area contributed by atoms with E-state index < -0.39 is 58.2 Å². The lowest BCUT2D eigenvalue weighted by Gasteiger charge is -2.50. The van der Waals surface area contributed by atoms with E-state index in [1.807, 2.05) is 0 Å². The maximum atomic E-state index is 13.2. The van der Waals surface area contributed by atoms with Gasteiger partial charge in [0.05, 0.1) is 12.1 Å². The van der Waals surface area contributed by atoms with E-state index in [0.717, 1.165) is 11.3 Å². The molecule has 2 atom stereocenters. The van der Waals surface area contributed by atoms with Crippen LogP contribution in [-0.2, 0) is 40.4 Å². The van der Waals surface area contributed by atoms with Gasteiger partial charge in [-0.2, -0.15) is 13.5 Å². The summed E-state index contributed by atoms with van der Waals surface area (Å²) in [7, 11) is -5.02. The summed E-state index contributed by atoms with van der Waals surface area (Å²) in [5.41, 5.74) is 10.2. The van der Waals surface area contributed by atoms with Gasteiger partial charge in [-0.1, -0.05) is 5.16 Å². The molecular formula is C24H27N9O10S2. The molecule has 45 heavy (non-hydrogen) atoms. The summed E-state index contributed by atoms with van der Waals surface area (Å²) < 4.78 is 40.8. The maximum Gasteiger partial charge on any atom is 0.418 e. The number of carbonyl (C=O) groups excluding carboxylic acids is 2. The molecule has 2 aromatic heterocycles. The number of nitrogen functional groups attached to an aromatic ring is 1. The Bertz CT molecular complexity index is 1720. The minimum absolute atomic E-state index is 0.0477. The number of anilines is 1. The minimum Gasteiger partial charge on any atom is -0.489 e. The quantitative estimate of drug-likeness (QED) is 0.0414. The van der Waals surface area contributed by atoms with Crippen molar-refractivity contribution in [3.05, 3.63) is 59.1 Å². The molecule has 2 amide bonds. The largest absolute Gasteiger partial charge is 0.489 e. The van der Waals surface area contributed by atoms with E-state index in [2.05, 4.69) is 34.7 Å². The van der Waals surface area contributed by atoms with Gasteiger partial charge in [0.1, 0.15) is 35.8 Å². The molecule has 19 nitrogen and oxygen atoms in total. The van der Waals surface area contributed by atoms with Crippen molar-refractivity contribution >= 4 is 56.2 Å². The fourth-order valence-corrected chi connectivity index (χ4v) is 4.81. The van der Waals surface area contributed by atoms with Crippen LogP contribution >= 0.6 is 11.3 Å². The number of ether oxygens (including phenoxy) is 1. The average molecular weight is 666 g/mol. The van der Waals surface area contributed by atoms with E-state index in [9.17, 15) is 27.9 Å². The van der Waals surface area contributed by atoms with Gasteiger partial charge in [-0.25, -0.2) is 14.8 Å². The minimum atomic E-state index is -5.02. The van der Waals surface area contributed by atoms with Crippen LogP contribution in [0.5, 0.6) is 5.75 Å². The number of benzene rings is 1. The summed E-state index contributed by atoms with van der Waals surface area (Å²) in [5.74, 6) is -2.36. The van der Waals surface area contributed by atoms with Crippen molar-refractivity contribution < 1.29 is 46.3 Å². The number of carboxylic acid groups (broad SMARTS) is 1. The molecule has 8 N–H and O–H groups in total. The Kier molecular flexibility index (Phi) is 9.66.